The van der Waals surface area contributed by atoms with Crippen molar-refractivity contribution >= 4 is 17.2 Å². The number of hydrogen-bond acceptors (Lipinski definition) is 3. The van der Waals surface area contributed by atoms with E-state index in [0.29, 0.717) is 11.9 Å². The fourth-order valence-electron chi connectivity index (χ4n) is 3.02. The van der Waals surface area contributed by atoms with Gasteiger partial charge in [0.2, 0.25) is 5.91 Å². The van der Waals surface area contributed by atoms with Crippen LogP contribution < -0.4 is 5.32 Å². The molecule has 0 atom stereocenters. The van der Waals surface area contributed by atoms with E-state index in [0.717, 1.165) is 38.4 Å². The first-order chi connectivity index (χ1) is 9.83. The third-order valence-electron chi connectivity index (χ3n) is 4.44. The molecule has 1 saturated carbocycles. The average molecular weight is 292 g/mol. The summed E-state index contributed by atoms with van der Waals surface area (Å²) in [6.07, 6.45) is 6.69. The molecule has 0 aromatic carbocycles. The molecule has 1 saturated heterocycles. The lowest BCUT2D eigenvalue weighted by molar-refractivity contribution is -0.132. The van der Waals surface area contributed by atoms with Gasteiger partial charge in [0.05, 0.1) is 6.54 Å². The second-order valence-electron chi connectivity index (χ2n) is 6.06. The minimum atomic E-state index is 0.374. The molecule has 1 N–H and O–H groups in total. The highest BCUT2D eigenvalue weighted by Gasteiger charge is 2.32. The molecule has 2 aliphatic rings. The van der Waals surface area contributed by atoms with Crippen molar-refractivity contribution in [3.8, 4) is 0 Å². The molecule has 4 heteroatoms. The van der Waals surface area contributed by atoms with Crippen molar-refractivity contribution in [2.45, 2.75) is 51.1 Å². The molecule has 20 heavy (non-hydrogen) atoms. The van der Waals surface area contributed by atoms with Crippen LogP contribution in [0.3, 0.4) is 0 Å². The summed E-state index contributed by atoms with van der Waals surface area (Å²) in [5, 5.41) is 5.49. The predicted molar refractivity (Wildman–Crippen MR) is 82.7 cm³/mol. The molecule has 3 rings (SSSR count). The Kier molecular flexibility index (Phi) is 4.73. The van der Waals surface area contributed by atoms with Crippen molar-refractivity contribution in [3.05, 3.63) is 22.4 Å². The third-order valence-corrected chi connectivity index (χ3v) is 5.30. The maximum Gasteiger partial charge on any atom is 0.223 e. The summed E-state index contributed by atoms with van der Waals surface area (Å²) in [6, 6.07) is 4.74. The summed E-state index contributed by atoms with van der Waals surface area (Å²) in [5.41, 5.74) is 0. The molecule has 1 aliphatic heterocycles. The number of carbonyl (C=O) groups excluding carboxylic acids is 1. The Hall–Kier alpha value is -0.870. The Morgan fingerprint density at radius 3 is 2.75 bits per heavy atom. The summed E-state index contributed by atoms with van der Waals surface area (Å²) in [5.74, 6) is 1.13. The molecule has 1 aliphatic carbocycles. The number of hydrogen-bond donors (Lipinski definition) is 1. The first-order valence-electron chi connectivity index (χ1n) is 7.85. The quantitative estimate of drug-likeness (QED) is 0.874. The zero-order valence-electron chi connectivity index (χ0n) is 12.0. The molecular formula is C16H24N2OS. The number of rotatable bonds is 6. The smallest absolute Gasteiger partial charge is 0.223 e. The van der Waals surface area contributed by atoms with Gasteiger partial charge < -0.3 is 10.2 Å². The second kappa shape index (κ2) is 6.72. The van der Waals surface area contributed by atoms with E-state index in [1.807, 2.05) is 0 Å². The molecule has 0 spiro atoms. The van der Waals surface area contributed by atoms with Crippen LogP contribution in [0.1, 0.15) is 43.4 Å². The van der Waals surface area contributed by atoms with Gasteiger partial charge in [-0.25, -0.2) is 0 Å². The molecule has 2 heterocycles. The molecule has 0 bridgehead atoms. The number of piperidine rings is 1. The van der Waals surface area contributed by atoms with Gasteiger partial charge in [-0.2, -0.15) is 0 Å². The zero-order valence-corrected chi connectivity index (χ0v) is 12.8. The number of nitrogens with one attached hydrogen (secondary N) is 1. The third kappa shape index (κ3) is 3.83. The van der Waals surface area contributed by atoms with Crippen molar-refractivity contribution in [3.63, 3.8) is 0 Å². The van der Waals surface area contributed by atoms with E-state index in [9.17, 15) is 4.79 Å². The SMILES string of the molecule is O=C(CCC1CCNCC1)N(Cc1cccs1)C1CC1. The van der Waals surface area contributed by atoms with E-state index in [1.54, 1.807) is 11.3 Å². The lowest BCUT2D eigenvalue weighted by atomic mass is 9.93. The Morgan fingerprint density at radius 2 is 2.10 bits per heavy atom. The highest BCUT2D eigenvalue weighted by atomic mass is 32.1. The molecule has 110 valence electrons. The Bertz CT molecular complexity index is 422. The van der Waals surface area contributed by atoms with Crippen LogP contribution in [0.4, 0.5) is 0 Å². The molecule has 1 amide bonds. The van der Waals surface area contributed by atoms with E-state index < -0.39 is 0 Å². The van der Waals surface area contributed by atoms with Gasteiger partial charge in [0.1, 0.15) is 0 Å². The monoisotopic (exact) mass is 292 g/mol. The summed E-state index contributed by atoms with van der Waals surface area (Å²) in [4.78, 5) is 16.0. The van der Waals surface area contributed by atoms with Crippen molar-refractivity contribution < 1.29 is 4.79 Å². The van der Waals surface area contributed by atoms with Gasteiger partial charge in [0.15, 0.2) is 0 Å². The van der Waals surface area contributed by atoms with Crippen molar-refractivity contribution in [1.29, 1.82) is 0 Å². The van der Waals surface area contributed by atoms with Crippen LogP contribution in [-0.2, 0) is 11.3 Å². The van der Waals surface area contributed by atoms with Gasteiger partial charge >= 0.3 is 0 Å². The first-order valence-corrected chi connectivity index (χ1v) is 8.73. The van der Waals surface area contributed by atoms with Crippen molar-refractivity contribution in [2.75, 3.05) is 13.1 Å². The van der Waals surface area contributed by atoms with Gasteiger partial charge in [-0.1, -0.05) is 6.07 Å². The number of carbonyl (C=O) groups is 1. The van der Waals surface area contributed by atoms with Gasteiger partial charge in [0, 0.05) is 17.3 Å². The average Bonchev–Trinajstić information content (AvgIpc) is 3.20. The van der Waals surface area contributed by atoms with Gasteiger partial charge in [0.25, 0.3) is 0 Å². The standard InChI is InChI=1S/C16H24N2OS/c19-16(6-3-13-7-9-17-10-8-13)18(14-4-5-14)12-15-2-1-11-20-15/h1-2,11,13-14,17H,3-10,12H2. The van der Waals surface area contributed by atoms with Gasteiger partial charge in [-0.05, 0) is 62.6 Å². The Morgan fingerprint density at radius 1 is 1.30 bits per heavy atom. The van der Waals surface area contributed by atoms with Crippen LogP contribution in [0.25, 0.3) is 0 Å². The van der Waals surface area contributed by atoms with Crippen molar-refractivity contribution in [2.24, 2.45) is 5.92 Å². The minimum absolute atomic E-state index is 0.374. The lowest BCUT2D eigenvalue weighted by Gasteiger charge is -2.25. The number of nitrogens with zero attached hydrogens (tertiary/aromatic N) is 1. The summed E-state index contributed by atoms with van der Waals surface area (Å²) < 4.78 is 0. The fraction of sp³-hybridized carbons (Fsp3) is 0.688. The molecule has 1 aromatic heterocycles. The topological polar surface area (TPSA) is 32.3 Å². The van der Waals surface area contributed by atoms with Crippen LogP contribution in [0.2, 0.25) is 0 Å². The van der Waals surface area contributed by atoms with Gasteiger partial charge in [-0.3, -0.25) is 4.79 Å². The van der Waals surface area contributed by atoms with Crippen LogP contribution in [0, 0.1) is 5.92 Å². The Labute approximate surface area is 125 Å². The van der Waals surface area contributed by atoms with Gasteiger partial charge in [-0.15, -0.1) is 11.3 Å². The largest absolute Gasteiger partial charge is 0.335 e. The van der Waals surface area contributed by atoms with E-state index in [2.05, 4.69) is 27.7 Å². The second-order valence-corrected chi connectivity index (χ2v) is 7.10. The lowest BCUT2D eigenvalue weighted by Crippen LogP contribution is -2.33. The highest BCUT2D eigenvalue weighted by molar-refractivity contribution is 7.09. The van der Waals surface area contributed by atoms with Crippen LogP contribution in [0.5, 0.6) is 0 Å². The van der Waals surface area contributed by atoms with E-state index >= 15 is 0 Å². The molecule has 2 fully saturated rings. The van der Waals surface area contributed by atoms with E-state index in [1.165, 1.54) is 30.6 Å². The maximum absolute atomic E-state index is 12.5. The number of thiophene rings is 1. The van der Waals surface area contributed by atoms with Crippen molar-refractivity contribution in [1.82, 2.24) is 10.2 Å². The van der Waals surface area contributed by atoms with E-state index in [-0.39, 0.29) is 0 Å². The maximum atomic E-state index is 12.5. The minimum Gasteiger partial charge on any atom is -0.335 e. The number of amides is 1. The van der Waals surface area contributed by atoms with Crippen LogP contribution >= 0.6 is 11.3 Å². The predicted octanol–water partition coefficient (Wildman–Crippen LogP) is 3.02. The normalized spacial score (nSPS) is 20.0. The molecule has 0 radical (unpaired) electrons. The summed E-state index contributed by atoms with van der Waals surface area (Å²) in [7, 11) is 0. The van der Waals surface area contributed by atoms with Crippen LogP contribution in [-0.4, -0.2) is 29.9 Å². The molecular weight excluding hydrogens is 268 g/mol. The Balaban J connectivity index is 1.50. The zero-order chi connectivity index (χ0) is 13.8. The van der Waals surface area contributed by atoms with Crippen LogP contribution in [0.15, 0.2) is 17.5 Å². The summed E-state index contributed by atoms with van der Waals surface area (Å²) >= 11 is 1.76. The molecule has 1 aromatic rings. The highest BCUT2D eigenvalue weighted by Crippen LogP contribution is 2.30. The van der Waals surface area contributed by atoms with E-state index in [4.69, 9.17) is 0 Å². The summed E-state index contributed by atoms with van der Waals surface area (Å²) in [6.45, 7) is 3.08. The molecule has 3 nitrogen and oxygen atoms in total. The molecule has 0 unspecified atom stereocenters. The first kappa shape index (κ1) is 14.1. The fourth-order valence-corrected chi connectivity index (χ4v) is 3.72.